The largest absolute Gasteiger partial charge is 0.348 e. The molecule has 0 unspecified atom stereocenters. The molecule has 0 bridgehead atoms. The Morgan fingerprint density at radius 2 is 2.05 bits per heavy atom. The van der Waals surface area contributed by atoms with Crippen molar-refractivity contribution in [3.05, 3.63) is 52.3 Å². The highest BCUT2D eigenvalue weighted by Gasteiger charge is 2.16. The van der Waals surface area contributed by atoms with Crippen molar-refractivity contribution in [3.8, 4) is 0 Å². The van der Waals surface area contributed by atoms with Crippen LogP contribution in [0.2, 0.25) is 0 Å². The lowest BCUT2D eigenvalue weighted by atomic mass is 10.1. The van der Waals surface area contributed by atoms with Crippen molar-refractivity contribution in [1.29, 1.82) is 0 Å². The number of benzene rings is 1. The molecule has 0 saturated carbocycles. The molecule has 1 aromatic heterocycles. The Hall–Kier alpha value is -2.24. The minimum Gasteiger partial charge on any atom is -0.348 e. The van der Waals surface area contributed by atoms with Crippen LogP contribution >= 0.6 is 0 Å². The van der Waals surface area contributed by atoms with Gasteiger partial charge >= 0.3 is 0 Å². The third-order valence-electron chi connectivity index (χ3n) is 3.28. The molecule has 0 aliphatic heterocycles. The lowest BCUT2D eigenvalue weighted by Crippen LogP contribution is -2.24. The van der Waals surface area contributed by atoms with Crippen LogP contribution in [0.3, 0.4) is 0 Å². The number of carbonyl (C=O) groups excluding carboxylic acids is 1. The van der Waals surface area contributed by atoms with Crippen molar-refractivity contribution >= 4 is 5.91 Å². The summed E-state index contributed by atoms with van der Waals surface area (Å²) in [6, 6.07) is 3.52. The van der Waals surface area contributed by atoms with Gasteiger partial charge in [-0.2, -0.15) is 5.10 Å². The van der Waals surface area contributed by atoms with Gasteiger partial charge in [0, 0.05) is 24.8 Å². The van der Waals surface area contributed by atoms with E-state index in [2.05, 4.69) is 10.4 Å². The predicted octanol–water partition coefficient (Wildman–Crippen LogP) is 2.25. The van der Waals surface area contributed by atoms with E-state index in [0.717, 1.165) is 23.0 Å². The zero-order valence-electron chi connectivity index (χ0n) is 11.5. The molecule has 6 heteroatoms. The second kappa shape index (κ2) is 5.40. The molecule has 2 rings (SSSR count). The van der Waals surface area contributed by atoms with E-state index in [1.807, 2.05) is 13.8 Å². The minimum atomic E-state index is -1.13. The van der Waals surface area contributed by atoms with Gasteiger partial charge in [0.25, 0.3) is 5.91 Å². The van der Waals surface area contributed by atoms with Crippen molar-refractivity contribution in [3.63, 3.8) is 0 Å². The molecule has 0 fully saturated rings. The summed E-state index contributed by atoms with van der Waals surface area (Å²) in [6.07, 6.45) is 0. The van der Waals surface area contributed by atoms with Crippen LogP contribution in [0.5, 0.6) is 0 Å². The van der Waals surface area contributed by atoms with Crippen LogP contribution in [0.4, 0.5) is 8.78 Å². The molecule has 1 heterocycles. The Balaban J connectivity index is 2.15. The van der Waals surface area contributed by atoms with Crippen molar-refractivity contribution < 1.29 is 13.6 Å². The van der Waals surface area contributed by atoms with Crippen molar-refractivity contribution in [1.82, 2.24) is 15.1 Å². The van der Waals surface area contributed by atoms with E-state index in [9.17, 15) is 13.6 Å². The fourth-order valence-electron chi connectivity index (χ4n) is 2.02. The third kappa shape index (κ3) is 2.54. The van der Waals surface area contributed by atoms with Gasteiger partial charge in [-0.1, -0.05) is 6.07 Å². The van der Waals surface area contributed by atoms with Gasteiger partial charge in [-0.3, -0.25) is 9.48 Å². The highest BCUT2D eigenvalue weighted by atomic mass is 19.2. The average Bonchev–Trinajstić information content (AvgIpc) is 2.64. The van der Waals surface area contributed by atoms with Gasteiger partial charge in [-0.15, -0.1) is 0 Å². The second-order valence-corrected chi connectivity index (χ2v) is 4.56. The molecule has 20 heavy (non-hydrogen) atoms. The number of carbonyl (C=O) groups is 1. The standard InChI is InChI=1S/C14H15F2N3O/c1-8-11(9(2)19(3)18-8)7-17-14(20)10-5-4-6-12(15)13(10)16/h4-6H,7H2,1-3H3,(H,17,20). The summed E-state index contributed by atoms with van der Waals surface area (Å²) in [5.41, 5.74) is 2.29. The van der Waals surface area contributed by atoms with Crippen LogP contribution in [0.15, 0.2) is 18.2 Å². The number of aryl methyl sites for hydroxylation is 2. The summed E-state index contributed by atoms with van der Waals surface area (Å²) >= 11 is 0. The first-order valence-corrected chi connectivity index (χ1v) is 6.13. The van der Waals surface area contributed by atoms with Crippen molar-refractivity contribution in [2.45, 2.75) is 20.4 Å². The number of amides is 1. The summed E-state index contributed by atoms with van der Waals surface area (Å²) in [4.78, 5) is 11.9. The minimum absolute atomic E-state index is 0.223. The Morgan fingerprint density at radius 1 is 1.35 bits per heavy atom. The van der Waals surface area contributed by atoms with Crippen LogP contribution in [0.25, 0.3) is 0 Å². The highest BCUT2D eigenvalue weighted by molar-refractivity contribution is 5.94. The molecule has 2 aromatic rings. The predicted molar refractivity (Wildman–Crippen MR) is 70.2 cm³/mol. The van der Waals surface area contributed by atoms with E-state index in [0.29, 0.717) is 0 Å². The quantitative estimate of drug-likeness (QED) is 0.936. The van der Waals surface area contributed by atoms with Gasteiger partial charge < -0.3 is 5.32 Å². The Bertz CT molecular complexity index is 665. The van der Waals surface area contributed by atoms with E-state index < -0.39 is 17.5 Å². The maximum Gasteiger partial charge on any atom is 0.254 e. The summed E-state index contributed by atoms with van der Waals surface area (Å²) in [5.74, 6) is -2.82. The topological polar surface area (TPSA) is 46.9 Å². The summed E-state index contributed by atoms with van der Waals surface area (Å²) < 4.78 is 28.3. The first-order chi connectivity index (χ1) is 9.41. The smallest absolute Gasteiger partial charge is 0.254 e. The highest BCUT2D eigenvalue weighted by Crippen LogP contribution is 2.13. The first kappa shape index (κ1) is 14.2. The van der Waals surface area contributed by atoms with Gasteiger partial charge in [0.05, 0.1) is 11.3 Å². The molecule has 0 aliphatic rings. The molecule has 0 spiro atoms. The van der Waals surface area contributed by atoms with E-state index >= 15 is 0 Å². The molecule has 0 aliphatic carbocycles. The third-order valence-corrected chi connectivity index (χ3v) is 3.28. The number of halogens is 2. The number of nitrogens with zero attached hydrogens (tertiary/aromatic N) is 2. The van der Waals surface area contributed by atoms with Crippen LogP contribution in [0.1, 0.15) is 27.3 Å². The van der Waals surface area contributed by atoms with Crippen LogP contribution < -0.4 is 5.32 Å². The summed E-state index contributed by atoms with van der Waals surface area (Å²) in [6.45, 7) is 3.93. The fourth-order valence-corrected chi connectivity index (χ4v) is 2.02. The average molecular weight is 279 g/mol. The number of rotatable bonds is 3. The van der Waals surface area contributed by atoms with E-state index in [1.54, 1.807) is 11.7 Å². The molecule has 1 amide bonds. The van der Waals surface area contributed by atoms with Gasteiger partial charge in [0.1, 0.15) is 0 Å². The van der Waals surface area contributed by atoms with E-state index in [1.165, 1.54) is 12.1 Å². The molecule has 0 radical (unpaired) electrons. The second-order valence-electron chi connectivity index (χ2n) is 4.56. The normalized spacial score (nSPS) is 10.7. The molecule has 106 valence electrons. The van der Waals surface area contributed by atoms with Gasteiger partial charge in [0.2, 0.25) is 0 Å². The van der Waals surface area contributed by atoms with Crippen LogP contribution in [0, 0.1) is 25.5 Å². The molecule has 0 atom stereocenters. The van der Waals surface area contributed by atoms with E-state index in [-0.39, 0.29) is 12.1 Å². The van der Waals surface area contributed by atoms with E-state index in [4.69, 9.17) is 0 Å². The Labute approximate surface area is 115 Å². The summed E-state index contributed by atoms with van der Waals surface area (Å²) in [5, 5.41) is 6.80. The zero-order chi connectivity index (χ0) is 14.9. The molecule has 0 saturated heterocycles. The van der Waals surface area contributed by atoms with Crippen LogP contribution in [-0.4, -0.2) is 15.7 Å². The number of nitrogens with one attached hydrogen (secondary N) is 1. The van der Waals surface area contributed by atoms with Gasteiger partial charge in [0.15, 0.2) is 11.6 Å². The lowest BCUT2D eigenvalue weighted by molar-refractivity contribution is 0.0945. The monoisotopic (exact) mass is 279 g/mol. The number of aromatic nitrogens is 2. The molecular formula is C14H15F2N3O. The Kier molecular flexibility index (Phi) is 3.83. The summed E-state index contributed by atoms with van der Waals surface area (Å²) in [7, 11) is 1.81. The van der Waals surface area contributed by atoms with Crippen molar-refractivity contribution in [2.75, 3.05) is 0 Å². The van der Waals surface area contributed by atoms with Crippen molar-refractivity contribution in [2.24, 2.45) is 7.05 Å². The molecule has 4 nitrogen and oxygen atoms in total. The maximum absolute atomic E-state index is 13.5. The molecular weight excluding hydrogens is 264 g/mol. The molecule has 1 N–H and O–H groups in total. The van der Waals surface area contributed by atoms with Crippen LogP contribution in [-0.2, 0) is 13.6 Å². The first-order valence-electron chi connectivity index (χ1n) is 6.13. The number of hydrogen-bond donors (Lipinski definition) is 1. The van der Waals surface area contributed by atoms with Gasteiger partial charge in [-0.25, -0.2) is 8.78 Å². The zero-order valence-corrected chi connectivity index (χ0v) is 11.5. The maximum atomic E-state index is 13.5. The fraction of sp³-hybridized carbons (Fsp3) is 0.286. The lowest BCUT2D eigenvalue weighted by Gasteiger charge is -2.07. The SMILES string of the molecule is Cc1nn(C)c(C)c1CNC(=O)c1cccc(F)c1F. The molecule has 1 aromatic carbocycles. The Morgan fingerprint density at radius 3 is 2.65 bits per heavy atom. The number of hydrogen-bond acceptors (Lipinski definition) is 2. The van der Waals surface area contributed by atoms with Gasteiger partial charge in [-0.05, 0) is 26.0 Å².